The van der Waals surface area contributed by atoms with Gasteiger partial charge in [0.1, 0.15) is 0 Å². The third-order valence-corrected chi connectivity index (χ3v) is 4.75. The number of allylic oxidation sites excluding steroid dienone is 2. The van der Waals surface area contributed by atoms with Gasteiger partial charge in [-0.15, -0.1) is 0 Å². The minimum absolute atomic E-state index is 0.0216. The first-order chi connectivity index (χ1) is 11.6. The zero-order valence-electron chi connectivity index (χ0n) is 13.4. The number of halogens is 1. The molecule has 2 aromatic carbocycles. The van der Waals surface area contributed by atoms with E-state index < -0.39 is 0 Å². The first kappa shape index (κ1) is 15.0. The highest BCUT2D eigenvalue weighted by Gasteiger charge is 2.33. The normalized spacial score (nSPS) is 16.9. The Morgan fingerprint density at radius 2 is 1.88 bits per heavy atom. The molecule has 24 heavy (non-hydrogen) atoms. The number of Topliss-reactive ketones (excluding diaryl/α,β-unsaturated/α-hetero) is 1. The third-order valence-electron chi connectivity index (χ3n) is 4.41. The average Bonchev–Trinajstić information content (AvgIpc) is 2.91. The lowest BCUT2D eigenvalue weighted by atomic mass is 9.92. The molecule has 0 saturated heterocycles. The van der Waals surface area contributed by atoms with E-state index in [0.717, 1.165) is 28.2 Å². The number of hydrogen-bond acceptors (Lipinski definition) is 3. The zero-order valence-corrected chi connectivity index (χ0v) is 14.1. The summed E-state index contributed by atoms with van der Waals surface area (Å²) in [4.78, 5) is 17.1. The first-order valence-corrected chi connectivity index (χ1v) is 8.16. The average molecular weight is 338 g/mol. The van der Waals surface area contributed by atoms with E-state index >= 15 is 0 Å². The van der Waals surface area contributed by atoms with Crippen molar-refractivity contribution < 1.29 is 4.79 Å². The summed E-state index contributed by atoms with van der Waals surface area (Å²) >= 11 is 6.47. The van der Waals surface area contributed by atoms with Crippen molar-refractivity contribution in [1.82, 2.24) is 9.55 Å². The highest BCUT2D eigenvalue weighted by molar-refractivity contribution is 6.31. The molecule has 5 heteroatoms. The molecule has 1 aliphatic heterocycles. The molecule has 120 valence electrons. The summed E-state index contributed by atoms with van der Waals surface area (Å²) in [5, 5.41) is 3.91. The lowest BCUT2D eigenvalue weighted by molar-refractivity contribution is -0.114. The summed E-state index contributed by atoms with van der Waals surface area (Å²) in [6, 6.07) is 15.3. The number of fused-ring (bicyclic) bond motifs is 3. The van der Waals surface area contributed by atoms with Crippen LogP contribution in [0.15, 0.2) is 59.8 Å². The monoisotopic (exact) mass is 337 g/mol. The molecule has 0 aliphatic carbocycles. The number of anilines is 1. The van der Waals surface area contributed by atoms with E-state index in [1.165, 1.54) is 0 Å². The minimum Gasteiger partial charge on any atom is -0.329 e. The van der Waals surface area contributed by atoms with Crippen LogP contribution in [0.3, 0.4) is 0 Å². The van der Waals surface area contributed by atoms with Gasteiger partial charge in [0.2, 0.25) is 5.95 Å². The van der Waals surface area contributed by atoms with Gasteiger partial charge < -0.3 is 5.32 Å². The second-order valence-electron chi connectivity index (χ2n) is 5.94. The van der Waals surface area contributed by atoms with Gasteiger partial charge in [-0.2, -0.15) is 0 Å². The maximum atomic E-state index is 12.4. The molecular formula is C19H16ClN3O. The Bertz CT molecular complexity index is 1000. The van der Waals surface area contributed by atoms with Crippen molar-refractivity contribution in [2.75, 3.05) is 5.32 Å². The van der Waals surface area contributed by atoms with Gasteiger partial charge in [-0.05, 0) is 37.6 Å². The van der Waals surface area contributed by atoms with Gasteiger partial charge in [0.15, 0.2) is 5.78 Å². The zero-order chi connectivity index (χ0) is 16.8. The van der Waals surface area contributed by atoms with E-state index in [1.807, 2.05) is 55.5 Å². The Morgan fingerprint density at radius 3 is 2.62 bits per heavy atom. The summed E-state index contributed by atoms with van der Waals surface area (Å²) in [7, 11) is 0. The lowest BCUT2D eigenvalue weighted by Gasteiger charge is -2.30. The second-order valence-corrected chi connectivity index (χ2v) is 6.35. The maximum absolute atomic E-state index is 12.4. The van der Waals surface area contributed by atoms with E-state index in [4.69, 9.17) is 11.6 Å². The fourth-order valence-corrected chi connectivity index (χ4v) is 3.65. The van der Waals surface area contributed by atoms with Crippen LogP contribution >= 0.6 is 11.6 Å². The number of benzene rings is 2. The number of aromatic nitrogens is 2. The summed E-state index contributed by atoms with van der Waals surface area (Å²) in [6.45, 7) is 3.50. The molecule has 2 heterocycles. The molecule has 0 radical (unpaired) electrons. The van der Waals surface area contributed by atoms with Crippen LogP contribution in [-0.2, 0) is 4.79 Å². The summed E-state index contributed by atoms with van der Waals surface area (Å²) in [6.07, 6.45) is 0. The van der Waals surface area contributed by atoms with Gasteiger partial charge in [-0.25, -0.2) is 4.98 Å². The van der Waals surface area contributed by atoms with Crippen LogP contribution in [0.1, 0.15) is 25.5 Å². The summed E-state index contributed by atoms with van der Waals surface area (Å²) in [5.74, 6) is 0.747. The Morgan fingerprint density at radius 1 is 1.17 bits per heavy atom. The summed E-state index contributed by atoms with van der Waals surface area (Å²) in [5.41, 5.74) is 4.27. The van der Waals surface area contributed by atoms with Crippen molar-refractivity contribution in [1.29, 1.82) is 0 Å². The van der Waals surface area contributed by atoms with Crippen molar-refractivity contribution in [2.24, 2.45) is 0 Å². The van der Waals surface area contributed by atoms with Gasteiger partial charge in [-0.1, -0.05) is 41.9 Å². The second kappa shape index (κ2) is 5.49. The smallest absolute Gasteiger partial charge is 0.209 e. The Hall–Kier alpha value is -2.59. The number of carbonyl (C=O) groups excluding carboxylic acids is 1. The molecule has 0 bridgehead atoms. The van der Waals surface area contributed by atoms with Gasteiger partial charge in [0, 0.05) is 16.3 Å². The van der Waals surface area contributed by atoms with Gasteiger partial charge in [0.25, 0.3) is 0 Å². The molecule has 1 aromatic heterocycles. The van der Waals surface area contributed by atoms with Crippen LogP contribution in [0.4, 0.5) is 5.95 Å². The quantitative estimate of drug-likeness (QED) is 0.745. The number of carbonyl (C=O) groups is 1. The maximum Gasteiger partial charge on any atom is 0.209 e. The lowest BCUT2D eigenvalue weighted by Crippen LogP contribution is -2.27. The van der Waals surface area contributed by atoms with Crippen LogP contribution in [0.2, 0.25) is 5.02 Å². The fourth-order valence-electron chi connectivity index (χ4n) is 3.41. The van der Waals surface area contributed by atoms with E-state index in [-0.39, 0.29) is 11.8 Å². The van der Waals surface area contributed by atoms with E-state index in [2.05, 4.69) is 14.9 Å². The number of rotatable bonds is 2. The number of imidazole rings is 1. The highest BCUT2D eigenvalue weighted by Crippen LogP contribution is 2.41. The molecule has 0 fully saturated rings. The minimum atomic E-state index is -0.292. The van der Waals surface area contributed by atoms with Crippen molar-refractivity contribution in [3.63, 3.8) is 0 Å². The molecule has 0 saturated carbocycles. The fraction of sp³-hybridized carbons (Fsp3) is 0.158. The Balaban J connectivity index is 2.07. The SMILES string of the molecule is CC(=O)C1=C(C)Nc2nc3ccccc3n2C1c1ccccc1Cl. The van der Waals surface area contributed by atoms with E-state index in [9.17, 15) is 4.79 Å². The predicted molar refractivity (Wildman–Crippen MR) is 96.3 cm³/mol. The number of hydrogen-bond donors (Lipinski definition) is 1. The van der Waals surface area contributed by atoms with Crippen LogP contribution in [-0.4, -0.2) is 15.3 Å². The van der Waals surface area contributed by atoms with E-state index in [0.29, 0.717) is 10.6 Å². The van der Waals surface area contributed by atoms with E-state index in [1.54, 1.807) is 6.92 Å². The first-order valence-electron chi connectivity index (χ1n) is 7.78. The molecule has 0 spiro atoms. The largest absolute Gasteiger partial charge is 0.329 e. The number of nitrogens with zero attached hydrogens (tertiary/aromatic N) is 2. The van der Waals surface area contributed by atoms with Crippen LogP contribution < -0.4 is 5.32 Å². The molecule has 1 N–H and O–H groups in total. The van der Waals surface area contributed by atoms with Crippen LogP contribution in [0, 0.1) is 0 Å². The molecule has 0 amide bonds. The molecule has 1 unspecified atom stereocenters. The Labute approximate surface area is 144 Å². The van der Waals surface area contributed by atoms with Gasteiger partial charge >= 0.3 is 0 Å². The highest BCUT2D eigenvalue weighted by atomic mass is 35.5. The number of ketones is 1. The summed E-state index contributed by atoms with van der Waals surface area (Å²) < 4.78 is 2.06. The number of para-hydroxylation sites is 2. The molecule has 1 aliphatic rings. The van der Waals surface area contributed by atoms with Crippen molar-refractivity contribution in [2.45, 2.75) is 19.9 Å². The molecule has 3 aromatic rings. The van der Waals surface area contributed by atoms with Crippen molar-refractivity contribution in [3.05, 3.63) is 70.4 Å². The predicted octanol–water partition coefficient (Wildman–Crippen LogP) is 4.57. The molecule has 1 atom stereocenters. The molecule has 4 rings (SSSR count). The van der Waals surface area contributed by atoms with Gasteiger partial charge in [0.05, 0.1) is 17.1 Å². The topological polar surface area (TPSA) is 46.9 Å². The van der Waals surface area contributed by atoms with Crippen LogP contribution in [0.25, 0.3) is 11.0 Å². The molecule has 4 nitrogen and oxygen atoms in total. The standard InChI is InChI=1S/C19H16ClN3O/c1-11-17(12(2)24)18(13-7-3-4-8-14(13)20)23-16-10-6-5-9-15(16)22-19(23)21-11/h3-10,18H,1-2H3,(H,21,22). The number of nitrogens with one attached hydrogen (secondary N) is 1. The third kappa shape index (κ3) is 2.14. The Kier molecular flexibility index (Phi) is 3.43. The van der Waals surface area contributed by atoms with Crippen LogP contribution in [0.5, 0.6) is 0 Å². The van der Waals surface area contributed by atoms with Crippen molar-refractivity contribution in [3.8, 4) is 0 Å². The molecular weight excluding hydrogens is 322 g/mol. The van der Waals surface area contributed by atoms with Crippen molar-refractivity contribution >= 4 is 34.4 Å². The van der Waals surface area contributed by atoms with Gasteiger partial charge in [-0.3, -0.25) is 9.36 Å².